The molecule has 0 radical (unpaired) electrons. The number of nitrogens with one attached hydrogen (secondary N) is 1. The summed E-state index contributed by atoms with van der Waals surface area (Å²) >= 11 is 0. The number of carbonyl (C=O) groups is 1. The SMILES string of the molecule is O=C(O)COc1ccc(F)cc1C1NCc2ccccc21. The maximum absolute atomic E-state index is 13.6. The summed E-state index contributed by atoms with van der Waals surface area (Å²) in [7, 11) is 0. The fraction of sp³-hybridized carbons (Fsp3) is 0.188. The van der Waals surface area contributed by atoms with Gasteiger partial charge in [-0.1, -0.05) is 24.3 Å². The van der Waals surface area contributed by atoms with E-state index in [-0.39, 0.29) is 11.9 Å². The van der Waals surface area contributed by atoms with Gasteiger partial charge in [0.05, 0.1) is 6.04 Å². The Labute approximate surface area is 121 Å². The van der Waals surface area contributed by atoms with Crippen molar-refractivity contribution in [2.24, 2.45) is 0 Å². The van der Waals surface area contributed by atoms with Crippen molar-refractivity contribution in [3.05, 3.63) is 65.0 Å². The van der Waals surface area contributed by atoms with Gasteiger partial charge in [0.1, 0.15) is 11.6 Å². The number of aliphatic carboxylic acids is 1. The Morgan fingerprint density at radius 1 is 1.29 bits per heavy atom. The molecule has 0 spiro atoms. The number of halogens is 1. The number of fused-ring (bicyclic) bond motifs is 1. The zero-order chi connectivity index (χ0) is 14.8. The zero-order valence-corrected chi connectivity index (χ0v) is 11.2. The highest BCUT2D eigenvalue weighted by Crippen LogP contribution is 2.36. The third-order valence-electron chi connectivity index (χ3n) is 3.50. The van der Waals surface area contributed by atoms with Crippen LogP contribution in [0.2, 0.25) is 0 Å². The second-order valence-corrected chi connectivity index (χ2v) is 4.88. The fourth-order valence-electron chi connectivity index (χ4n) is 2.59. The first-order valence-electron chi connectivity index (χ1n) is 6.60. The molecule has 2 N–H and O–H groups in total. The number of rotatable bonds is 4. The van der Waals surface area contributed by atoms with Crippen molar-refractivity contribution in [2.75, 3.05) is 6.61 Å². The molecule has 2 aromatic rings. The van der Waals surface area contributed by atoms with Crippen molar-refractivity contribution in [3.8, 4) is 5.75 Å². The first-order chi connectivity index (χ1) is 10.1. The van der Waals surface area contributed by atoms with E-state index in [9.17, 15) is 9.18 Å². The van der Waals surface area contributed by atoms with E-state index in [1.807, 2.05) is 24.3 Å². The van der Waals surface area contributed by atoms with Gasteiger partial charge in [0.25, 0.3) is 0 Å². The topological polar surface area (TPSA) is 58.6 Å². The molecule has 0 aliphatic carbocycles. The maximum Gasteiger partial charge on any atom is 0.341 e. The lowest BCUT2D eigenvalue weighted by molar-refractivity contribution is -0.139. The van der Waals surface area contributed by atoms with Crippen LogP contribution in [0, 0.1) is 5.82 Å². The van der Waals surface area contributed by atoms with Crippen LogP contribution in [0.1, 0.15) is 22.7 Å². The molecule has 0 fully saturated rings. The molecule has 0 amide bonds. The van der Waals surface area contributed by atoms with Gasteiger partial charge in [-0.05, 0) is 29.3 Å². The van der Waals surface area contributed by atoms with Crippen LogP contribution in [0.15, 0.2) is 42.5 Å². The maximum atomic E-state index is 13.6. The van der Waals surface area contributed by atoms with Crippen molar-refractivity contribution < 1.29 is 19.0 Å². The minimum atomic E-state index is -1.06. The summed E-state index contributed by atoms with van der Waals surface area (Å²) in [6, 6.07) is 11.8. The Hall–Kier alpha value is -2.40. The van der Waals surface area contributed by atoms with Crippen LogP contribution >= 0.6 is 0 Å². The van der Waals surface area contributed by atoms with Crippen LogP contribution < -0.4 is 10.1 Å². The third kappa shape index (κ3) is 2.73. The van der Waals surface area contributed by atoms with Crippen LogP contribution in [0.5, 0.6) is 5.75 Å². The average Bonchev–Trinajstić information content (AvgIpc) is 2.89. The van der Waals surface area contributed by atoms with Crippen molar-refractivity contribution in [2.45, 2.75) is 12.6 Å². The highest BCUT2D eigenvalue weighted by molar-refractivity contribution is 5.68. The first kappa shape index (κ1) is 13.6. The van der Waals surface area contributed by atoms with Crippen molar-refractivity contribution >= 4 is 5.97 Å². The zero-order valence-electron chi connectivity index (χ0n) is 11.2. The van der Waals surface area contributed by atoms with Gasteiger partial charge in [-0.3, -0.25) is 0 Å². The standard InChI is InChI=1S/C16H14FNO3/c17-11-5-6-14(21-9-15(19)20)13(7-11)16-12-4-2-1-3-10(12)8-18-16/h1-7,16,18H,8-9H2,(H,19,20). The Kier molecular flexibility index (Phi) is 3.58. The third-order valence-corrected chi connectivity index (χ3v) is 3.50. The highest BCUT2D eigenvalue weighted by Gasteiger charge is 2.26. The van der Waals surface area contributed by atoms with Crippen LogP contribution in [-0.4, -0.2) is 17.7 Å². The molecule has 0 aromatic heterocycles. The average molecular weight is 287 g/mol. The summed E-state index contributed by atoms with van der Waals surface area (Å²) in [5.41, 5.74) is 2.82. The first-order valence-corrected chi connectivity index (χ1v) is 6.60. The summed E-state index contributed by atoms with van der Waals surface area (Å²) in [5.74, 6) is -1.06. The second-order valence-electron chi connectivity index (χ2n) is 4.88. The van der Waals surface area contributed by atoms with E-state index in [1.54, 1.807) is 0 Å². The van der Waals surface area contributed by atoms with Gasteiger partial charge in [-0.2, -0.15) is 0 Å². The number of hydrogen-bond acceptors (Lipinski definition) is 3. The van der Waals surface area contributed by atoms with E-state index in [1.165, 1.54) is 18.2 Å². The molecule has 5 heteroatoms. The molecule has 0 saturated heterocycles. The van der Waals surface area contributed by atoms with Gasteiger partial charge < -0.3 is 15.2 Å². The second kappa shape index (κ2) is 5.54. The monoisotopic (exact) mass is 287 g/mol. The van der Waals surface area contributed by atoms with Crippen LogP contribution in [0.25, 0.3) is 0 Å². The smallest absolute Gasteiger partial charge is 0.341 e. The lowest BCUT2D eigenvalue weighted by Gasteiger charge is -2.17. The number of ether oxygens (including phenoxy) is 1. The highest BCUT2D eigenvalue weighted by atomic mass is 19.1. The van der Waals surface area contributed by atoms with E-state index >= 15 is 0 Å². The summed E-state index contributed by atoms with van der Waals surface area (Å²) in [4.78, 5) is 10.7. The molecule has 3 rings (SSSR count). The lowest BCUT2D eigenvalue weighted by Crippen LogP contribution is -2.17. The van der Waals surface area contributed by atoms with Gasteiger partial charge in [-0.15, -0.1) is 0 Å². The predicted molar refractivity (Wildman–Crippen MR) is 74.7 cm³/mol. The number of carboxylic acids is 1. The summed E-state index contributed by atoms with van der Waals surface area (Å²) in [6.07, 6.45) is 0. The van der Waals surface area contributed by atoms with Gasteiger partial charge in [0, 0.05) is 12.1 Å². The quantitative estimate of drug-likeness (QED) is 0.907. The summed E-state index contributed by atoms with van der Waals surface area (Å²) in [5, 5.41) is 12.0. The van der Waals surface area contributed by atoms with Crippen molar-refractivity contribution in [1.29, 1.82) is 0 Å². The molecule has 2 aromatic carbocycles. The van der Waals surface area contributed by atoms with E-state index < -0.39 is 12.6 Å². The summed E-state index contributed by atoms with van der Waals surface area (Å²) < 4.78 is 18.9. The van der Waals surface area contributed by atoms with Gasteiger partial charge in [0.2, 0.25) is 0 Å². The van der Waals surface area contributed by atoms with Crippen LogP contribution in [0.4, 0.5) is 4.39 Å². The molecule has 21 heavy (non-hydrogen) atoms. The Morgan fingerprint density at radius 2 is 2.10 bits per heavy atom. The van der Waals surface area contributed by atoms with Gasteiger partial charge in [0.15, 0.2) is 6.61 Å². The Bertz CT molecular complexity index is 687. The largest absolute Gasteiger partial charge is 0.482 e. The molecule has 108 valence electrons. The molecule has 1 atom stereocenters. The van der Waals surface area contributed by atoms with E-state index in [0.29, 0.717) is 17.9 Å². The minimum absolute atomic E-state index is 0.194. The molecule has 0 bridgehead atoms. The van der Waals surface area contributed by atoms with Gasteiger partial charge >= 0.3 is 5.97 Å². The molecule has 1 unspecified atom stereocenters. The molecule has 4 nitrogen and oxygen atoms in total. The van der Waals surface area contributed by atoms with Crippen LogP contribution in [-0.2, 0) is 11.3 Å². The molecular weight excluding hydrogens is 273 g/mol. The Morgan fingerprint density at radius 3 is 2.90 bits per heavy atom. The number of carboxylic acid groups (broad SMARTS) is 1. The van der Waals surface area contributed by atoms with Gasteiger partial charge in [-0.25, -0.2) is 9.18 Å². The summed E-state index contributed by atoms with van der Waals surface area (Å²) in [6.45, 7) is 0.239. The minimum Gasteiger partial charge on any atom is -0.482 e. The molecule has 1 aliphatic heterocycles. The van der Waals surface area contributed by atoms with E-state index in [4.69, 9.17) is 9.84 Å². The van der Waals surface area contributed by atoms with E-state index in [0.717, 1.165) is 11.1 Å². The molecular formula is C16H14FNO3. The predicted octanol–water partition coefficient (Wildman–Crippen LogP) is 2.48. The van der Waals surface area contributed by atoms with E-state index in [2.05, 4.69) is 5.32 Å². The normalized spacial score (nSPS) is 16.5. The Balaban J connectivity index is 1.98. The van der Waals surface area contributed by atoms with Crippen LogP contribution in [0.3, 0.4) is 0 Å². The molecule has 1 aliphatic rings. The fourth-order valence-corrected chi connectivity index (χ4v) is 2.59. The van der Waals surface area contributed by atoms with Crippen molar-refractivity contribution in [1.82, 2.24) is 5.32 Å². The van der Waals surface area contributed by atoms with Crippen molar-refractivity contribution in [3.63, 3.8) is 0 Å². The lowest BCUT2D eigenvalue weighted by atomic mass is 9.97. The number of benzene rings is 2. The molecule has 1 heterocycles. The molecule has 0 saturated carbocycles. The number of hydrogen-bond donors (Lipinski definition) is 2.